The van der Waals surface area contributed by atoms with Crippen LogP contribution in [0.1, 0.15) is 46.5 Å². The van der Waals surface area contributed by atoms with Crippen LogP contribution in [0.15, 0.2) is 22.9 Å². The first-order valence-electron chi connectivity index (χ1n) is 7.58. The summed E-state index contributed by atoms with van der Waals surface area (Å²) in [5.74, 6) is 0.776. The van der Waals surface area contributed by atoms with Gasteiger partial charge < -0.3 is 14.8 Å². The fourth-order valence-electron chi connectivity index (χ4n) is 2.45. The zero-order valence-electron chi connectivity index (χ0n) is 13.3. The minimum absolute atomic E-state index is 0.162. The number of hydrogen-bond acceptors (Lipinski definition) is 4. The number of hydrogen-bond donors (Lipinski definition) is 1. The van der Waals surface area contributed by atoms with Crippen LogP contribution >= 0.6 is 15.9 Å². The summed E-state index contributed by atoms with van der Waals surface area (Å²) in [5, 5.41) is 2.93. The van der Waals surface area contributed by atoms with Gasteiger partial charge >= 0.3 is 6.09 Å². The first-order chi connectivity index (χ1) is 10.3. The van der Waals surface area contributed by atoms with E-state index in [2.05, 4.69) is 26.2 Å². The zero-order chi connectivity index (χ0) is 16.2. The topological polar surface area (TPSA) is 60.5 Å². The molecule has 1 aromatic rings. The standard InChI is InChI=1S/C16H23BrN2O3/c1-16(2,3)22-15(20)19-12-4-6-13(7-5-12)21-14-8-11(17)9-18-10-14/h8-10,12-13H,4-7H2,1-3H3,(H,19,20)/t12-,13-. The Balaban J connectivity index is 1.75. The Hall–Kier alpha value is -1.30. The minimum Gasteiger partial charge on any atom is -0.489 e. The number of aromatic nitrogens is 1. The third-order valence-corrected chi connectivity index (χ3v) is 3.81. The lowest BCUT2D eigenvalue weighted by atomic mass is 9.93. The summed E-state index contributed by atoms with van der Waals surface area (Å²) in [7, 11) is 0. The molecule has 0 aliphatic heterocycles. The van der Waals surface area contributed by atoms with Gasteiger partial charge in [0.05, 0.1) is 12.3 Å². The zero-order valence-corrected chi connectivity index (χ0v) is 14.9. The Morgan fingerprint density at radius 1 is 1.27 bits per heavy atom. The van der Waals surface area contributed by atoms with Crippen molar-refractivity contribution in [3.63, 3.8) is 0 Å². The van der Waals surface area contributed by atoms with Crippen LogP contribution in [0.4, 0.5) is 4.79 Å². The number of amides is 1. The van der Waals surface area contributed by atoms with Gasteiger partial charge in [-0.1, -0.05) is 0 Å². The molecule has 0 saturated heterocycles. The molecule has 5 nitrogen and oxygen atoms in total. The number of rotatable bonds is 3. The molecule has 0 unspecified atom stereocenters. The smallest absolute Gasteiger partial charge is 0.407 e. The molecule has 0 aromatic carbocycles. The van der Waals surface area contributed by atoms with Gasteiger partial charge in [0.25, 0.3) is 0 Å². The Kier molecular flexibility index (Phi) is 5.67. The van der Waals surface area contributed by atoms with E-state index in [1.807, 2.05) is 26.8 Å². The highest BCUT2D eigenvalue weighted by molar-refractivity contribution is 9.10. The van der Waals surface area contributed by atoms with Crippen LogP contribution in [0.25, 0.3) is 0 Å². The van der Waals surface area contributed by atoms with E-state index < -0.39 is 5.60 Å². The molecule has 0 bridgehead atoms. The Morgan fingerprint density at radius 2 is 1.95 bits per heavy atom. The van der Waals surface area contributed by atoms with Crippen LogP contribution in [-0.4, -0.2) is 28.8 Å². The van der Waals surface area contributed by atoms with E-state index in [4.69, 9.17) is 9.47 Å². The molecule has 1 saturated carbocycles. The molecule has 1 aliphatic rings. The SMILES string of the molecule is CC(C)(C)OC(=O)N[C@H]1CC[C@H](Oc2cncc(Br)c2)CC1. The van der Waals surface area contributed by atoms with Crippen molar-refractivity contribution in [1.82, 2.24) is 10.3 Å². The molecule has 1 heterocycles. The van der Waals surface area contributed by atoms with E-state index in [9.17, 15) is 4.79 Å². The maximum atomic E-state index is 11.8. The molecule has 1 aromatic heterocycles. The van der Waals surface area contributed by atoms with Gasteiger partial charge in [0.15, 0.2) is 0 Å². The molecule has 122 valence electrons. The fourth-order valence-corrected chi connectivity index (χ4v) is 2.79. The van der Waals surface area contributed by atoms with E-state index in [0.717, 1.165) is 35.9 Å². The first kappa shape index (κ1) is 17.1. The van der Waals surface area contributed by atoms with Crippen LogP contribution < -0.4 is 10.1 Å². The Labute approximate surface area is 139 Å². The molecule has 0 spiro atoms. The van der Waals surface area contributed by atoms with Gasteiger partial charge in [0.2, 0.25) is 0 Å². The minimum atomic E-state index is -0.460. The van der Waals surface area contributed by atoms with E-state index >= 15 is 0 Å². The van der Waals surface area contributed by atoms with Crippen molar-refractivity contribution in [3.8, 4) is 5.75 Å². The van der Waals surface area contributed by atoms with Crippen LogP contribution in [0.2, 0.25) is 0 Å². The molecule has 0 radical (unpaired) electrons. The maximum Gasteiger partial charge on any atom is 0.407 e. The summed E-state index contributed by atoms with van der Waals surface area (Å²) in [5.41, 5.74) is -0.460. The van der Waals surface area contributed by atoms with Crippen molar-refractivity contribution >= 4 is 22.0 Å². The molecular formula is C16H23BrN2O3. The van der Waals surface area contributed by atoms with Crippen molar-refractivity contribution < 1.29 is 14.3 Å². The Morgan fingerprint density at radius 3 is 2.55 bits per heavy atom. The summed E-state index contributed by atoms with van der Waals surface area (Å²) in [6.45, 7) is 5.59. The van der Waals surface area contributed by atoms with E-state index in [-0.39, 0.29) is 18.2 Å². The summed E-state index contributed by atoms with van der Waals surface area (Å²) in [6, 6.07) is 2.08. The molecular weight excluding hydrogens is 348 g/mol. The predicted molar refractivity (Wildman–Crippen MR) is 88.0 cm³/mol. The normalized spacial score (nSPS) is 22.0. The fraction of sp³-hybridized carbons (Fsp3) is 0.625. The number of alkyl carbamates (subject to hydrolysis) is 1. The average molecular weight is 371 g/mol. The second-order valence-electron chi connectivity index (χ2n) is 6.58. The van der Waals surface area contributed by atoms with Gasteiger partial charge in [-0.3, -0.25) is 4.98 Å². The van der Waals surface area contributed by atoms with Gasteiger partial charge in [-0.25, -0.2) is 4.79 Å². The molecule has 0 atom stereocenters. The number of ether oxygens (including phenoxy) is 2. The summed E-state index contributed by atoms with van der Waals surface area (Å²) >= 11 is 3.38. The van der Waals surface area contributed by atoms with E-state index in [0.29, 0.717) is 0 Å². The molecule has 1 N–H and O–H groups in total. The molecule has 1 fully saturated rings. The molecule has 2 rings (SSSR count). The molecule has 1 amide bonds. The highest BCUT2D eigenvalue weighted by atomic mass is 79.9. The number of nitrogens with zero attached hydrogens (tertiary/aromatic N) is 1. The lowest BCUT2D eigenvalue weighted by Gasteiger charge is -2.30. The van der Waals surface area contributed by atoms with E-state index in [1.165, 1.54) is 0 Å². The van der Waals surface area contributed by atoms with Gasteiger partial charge in [-0.15, -0.1) is 0 Å². The predicted octanol–water partition coefficient (Wildman–Crippen LogP) is 4.06. The summed E-state index contributed by atoms with van der Waals surface area (Å²) in [6.07, 6.45) is 6.89. The van der Waals surface area contributed by atoms with E-state index in [1.54, 1.807) is 12.4 Å². The average Bonchev–Trinajstić information content (AvgIpc) is 2.39. The number of carbonyl (C=O) groups is 1. The van der Waals surface area contributed by atoms with Crippen LogP contribution in [0, 0.1) is 0 Å². The highest BCUT2D eigenvalue weighted by Crippen LogP contribution is 2.25. The van der Waals surface area contributed by atoms with Gasteiger partial charge in [0.1, 0.15) is 11.4 Å². The van der Waals surface area contributed by atoms with Crippen LogP contribution in [0.5, 0.6) is 5.75 Å². The second-order valence-corrected chi connectivity index (χ2v) is 7.49. The van der Waals surface area contributed by atoms with Crippen molar-refractivity contribution in [2.75, 3.05) is 0 Å². The monoisotopic (exact) mass is 370 g/mol. The third kappa shape index (κ3) is 5.83. The largest absolute Gasteiger partial charge is 0.489 e. The highest BCUT2D eigenvalue weighted by Gasteiger charge is 2.25. The lowest BCUT2D eigenvalue weighted by Crippen LogP contribution is -2.42. The number of nitrogens with one attached hydrogen (secondary N) is 1. The summed E-state index contributed by atoms with van der Waals surface area (Å²) < 4.78 is 12.1. The van der Waals surface area contributed by atoms with Crippen molar-refractivity contribution in [1.29, 1.82) is 0 Å². The lowest BCUT2D eigenvalue weighted by molar-refractivity contribution is 0.0471. The molecule has 22 heavy (non-hydrogen) atoms. The Bertz CT molecular complexity index is 508. The molecule has 6 heteroatoms. The van der Waals surface area contributed by atoms with Gasteiger partial charge in [0, 0.05) is 16.7 Å². The van der Waals surface area contributed by atoms with Gasteiger partial charge in [-0.2, -0.15) is 0 Å². The summed E-state index contributed by atoms with van der Waals surface area (Å²) in [4.78, 5) is 15.9. The maximum absolute atomic E-state index is 11.8. The number of carbonyl (C=O) groups excluding carboxylic acids is 1. The van der Waals surface area contributed by atoms with Crippen molar-refractivity contribution in [2.24, 2.45) is 0 Å². The first-order valence-corrected chi connectivity index (χ1v) is 8.38. The quantitative estimate of drug-likeness (QED) is 0.871. The van der Waals surface area contributed by atoms with Gasteiger partial charge in [-0.05, 0) is 68.5 Å². The van der Waals surface area contributed by atoms with Crippen molar-refractivity contribution in [3.05, 3.63) is 22.9 Å². The third-order valence-electron chi connectivity index (χ3n) is 3.38. The number of pyridine rings is 1. The van der Waals surface area contributed by atoms with Crippen LogP contribution in [-0.2, 0) is 4.74 Å². The molecule has 1 aliphatic carbocycles. The van der Waals surface area contributed by atoms with Crippen LogP contribution in [0.3, 0.4) is 0 Å². The number of halogens is 1. The second kappa shape index (κ2) is 7.31. The van der Waals surface area contributed by atoms with Crippen molar-refractivity contribution in [2.45, 2.75) is 64.2 Å².